The minimum Gasteiger partial charge on any atom is -0.383 e. The van der Waals surface area contributed by atoms with Crippen LogP contribution in [0.25, 0.3) is 0 Å². The third-order valence-electron chi connectivity index (χ3n) is 1.94. The van der Waals surface area contributed by atoms with Crippen LogP contribution in [-0.2, 0) is 9.84 Å². The average Bonchev–Trinajstić information content (AvgIpc) is 2.16. The maximum Gasteiger partial charge on any atom is 0.147 e. The molecule has 1 aromatic carbocycles. The number of anilines is 1. The normalized spacial score (nSPS) is 11.4. The molecule has 0 saturated carbocycles. The Hall–Kier alpha value is -0.620. The molecule has 6 heteroatoms. The van der Waals surface area contributed by atoms with Gasteiger partial charge in [0.25, 0.3) is 0 Å². The van der Waals surface area contributed by atoms with Gasteiger partial charge in [-0.25, -0.2) is 12.8 Å². The zero-order valence-electron chi connectivity index (χ0n) is 8.83. The van der Waals surface area contributed by atoms with Gasteiger partial charge in [-0.3, -0.25) is 0 Å². The first-order chi connectivity index (χ1) is 7.38. The van der Waals surface area contributed by atoms with Gasteiger partial charge in [0.1, 0.15) is 15.7 Å². The van der Waals surface area contributed by atoms with Crippen molar-refractivity contribution in [3.63, 3.8) is 0 Å². The van der Waals surface area contributed by atoms with Gasteiger partial charge in [0, 0.05) is 17.3 Å². The van der Waals surface area contributed by atoms with Gasteiger partial charge in [-0.05, 0) is 24.6 Å². The van der Waals surface area contributed by atoms with Crippen LogP contribution in [0.1, 0.15) is 6.42 Å². The summed E-state index contributed by atoms with van der Waals surface area (Å²) in [6, 6.07) is 4.58. The third-order valence-corrected chi connectivity index (χ3v) is 3.46. The molecular formula is C10H13BrFNO2S. The van der Waals surface area contributed by atoms with Crippen LogP contribution in [-0.4, -0.2) is 27.0 Å². The van der Waals surface area contributed by atoms with Gasteiger partial charge >= 0.3 is 0 Å². The fourth-order valence-electron chi connectivity index (χ4n) is 1.19. The van der Waals surface area contributed by atoms with Crippen molar-refractivity contribution in [3.05, 3.63) is 28.5 Å². The summed E-state index contributed by atoms with van der Waals surface area (Å²) in [6.45, 7) is 0.431. The van der Waals surface area contributed by atoms with E-state index in [0.29, 0.717) is 18.7 Å². The third kappa shape index (κ3) is 4.94. The maximum atomic E-state index is 13.2. The zero-order valence-corrected chi connectivity index (χ0v) is 11.2. The van der Waals surface area contributed by atoms with E-state index < -0.39 is 9.84 Å². The van der Waals surface area contributed by atoms with Crippen molar-refractivity contribution < 1.29 is 12.8 Å². The van der Waals surface area contributed by atoms with Crippen LogP contribution in [0, 0.1) is 5.82 Å². The number of halogens is 2. The summed E-state index contributed by atoms with van der Waals surface area (Å²) in [5, 5.41) is 2.86. The zero-order chi connectivity index (χ0) is 12.2. The number of rotatable bonds is 5. The van der Waals surface area contributed by atoms with E-state index in [9.17, 15) is 12.8 Å². The molecule has 0 atom stereocenters. The molecule has 3 nitrogen and oxygen atoms in total. The first-order valence-corrected chi connectivity index (χ1v) is 7.60. The number of hydrogen-bond donors (Lipinski definition) is 1. The topological polar surface area (TPSA) is 46.2 Å². The van der Waals surface area contributed by atoms with Crippen LogP contribution in [0.5, 0.6) is 0 Å². The van der Waals surface area contributed by atoms with Crippen LogP contribution >= 0.6 is 15.9 Å². The van der Waals surface area contributed by atoms with E-state index in [1.807, 2.05) is 0 Å². The van der Waals surface area contributed by atoms with E-state index in [2.05, 4.69) is 21.2 Å². The molecule has 0 unspecified atom stereocenters. The summed E-state index contributed by atoms with van der Waals surface area (Å²) >= 11 is 3.23. The molecule has 1 rings (SSSR count). The second kappa shape index (κ2) is 5.63. The van der Waals surface area contributed by atoms with E-state index in [4.69, 9.17) is 0 Å². The molecule has 1 aromatic rings. The molecule has 0 amide bonds. The SMILES string of the molecule is CS(=O)(=O)CCCNc1cc(Br)ccc1F. The Morgan fingerprint density at radius 2 is 2.12 bits per heavy atom. The highest BCUT2D eigenvalue weighted by Crippen LogP contribution is 2.19. The monoisotopic (exact) mass is 309 g/mol. The highest BCUT2D eigenvalue weighted by atomic mass is 79.9. The second-order valence-electron chi connectivity index (χ2n) is 3.53. The minimum absolute atomic E-state index is 0.107. The lowest BCUT2D eigenvalue weighted by molar-refractivity contribution is 0.599. The number of hydrogen-bond acceptors (Lipinski definition) is 3. The molecule has 0 fully saturated rings. The van der Waals surface area contributed by atoms with Crippen molar-refractivity contribution >= 4 is 31.5 Å². The highest BCUT2D eigenvalue weighted by molar-refractivity contribution is 9.10. The number of benzene rings is 1. The minimum atomic E-state index is -2.94. The van der Waals surface area contributed by atoms with Crippen LogP contribution in [0.15, 0.2) is 22.7 Å². The van der Waals surface area contributed by atoms with E-state index in [1.54, 1.807) is 12.1 Å². The van der Waals surface area contributed by atoms with Crippen molar-refractivity contribution in [1.29, 1.82) is 0 Å². The lowest BCUT2D eigenvalue weighted by atomic mass is 10.3. The number of nitrogens with one attached hydrogen (secondary N) is 1. The first-order valence-electron chi connectivity index (χ1n) is 4.75. The van der Waals surface area contributed by atoms with Crippen molar-refractivity contribution in [2.75, 3.05) is 23.9 Å². The maximum absolute atomic E-state index is 13.2. The Kier molecular flexibility index (Phi) is 4.73. The Morgan fingerprint density at radius 1 is 1.44 bits per heavy atom. The molecule has 0 bridgehead atoms. The van der Waals surface area contributed by atoms with Gasteiger partial charge in [-0.1, -0.05) is 15.9 Å². The summed E-state index contributed by atoms with van der Waals surface area (Å²) in [5.74, 6) is -0.238. The molecule has 0 heterocycles. The molecule has 0 aliphatic heterocycles. The predicted octanol–water partition coefficient (Wildman–Crippen LogP) is 2.43. The molecule has 0 aromatic heterocycles. The van der Waals surface area contributed by atoms with Crippen LogP contribution < -0.4 is 5.32 Å². The van der Waals surface area contributed by atoms with Crippen molar-refractivity contribution in [3.8, 4) is 0 Å². The van der Waals surface area contributed by atoms with Crippen molar-refractivity contribution in [1.82, 2.24) is 0 Å². The summed E-state index contributed by atoms with van der Waals surface area (Å²) < 4.78 is 35.7. The van der Waals surface area contributed by atoms with Gasteiger partial charge in [0.05, 0.1) is 11.4 Å². The smallest absolute Gasteiger partial charge is 0.147 e. The molecule has 0 aliphatic carbocycles. The van der Waals surface area contributed by atoms with Crippen LogP contribution in [0.3, 0.4) is 0 Å². The molecule has 16 heavy (non-hydrogen) atoms. The largest absolute Gasteiger partial charge is 0.383 e. The summed E-state index contributed by atoms with van der Waals surface area (Å²) in [6.07, 6.45) is 1.65. The van der Waals surface area contributed by atoms with Gasteiger partial charge in [0.2, 0.25) is 0 Å². The van der Waals surface area contributed by atoms with Gasteiger partial charge < -0.3 is 5.32 Å². The van der Waals surface area contributed by atoms with Gasteiger partial charge in [0.15, 0.2) is 0 Å². The predicted molar refractivity (Wildman–Crippen MR) is 66.9 cm³/mol. The molecule has 0 spiro atoms. The molecule has 1 N–H and O–H groups in total. The molecule has 0 saturated heterocycles. The number of sulfone groups is 1. The van der Waals surface area contributed by atoms with Gasteiger partial charge in [-0.2, -0.15) is 0 Å². The lowest BCUT2D eigenvalue weighted by Gasteiger charge is -2.07. The van der Waals surface area contributed by atoms with E-state index >= 15 is 0 Å². The molecule has 0 radical (unpaired) electrons. The second-order valence-corrected chi connectivity index (χ2v) is 6.71. The van der Waals surface area contributed by atoms with E-state index in [-0.39, 0.29) is 11.6 Å². The molecule has 90 valence electrons. The van der Waals surface area contributed by atoms with Crippen molar-refractivity contribution in [2.24, 2.45) is 0 Å². The summed E-state index contributed by atoms with van der Waals surface area (Å²) in [5.41, 5.74) is 0.378. The summed E-state index contributed by atoms with van der Waals surface area (Å²) in [7, 11) is -2.94. The van der Waals surface area contributed by atoms with Gasteiger partial charge in [-0.15, -0.1) is 0 Å². The fourth-order valence-corrected chi connectivity index (χ4v) is 2.22. The van der Waals surface area contributed by atoms with Crippen molar-refractivity contribution in [2.45, 2.75) is 6.42 Å². The molecule has 0 aliphatic rings. The highest BCUT2D eigenvalue weighted by Gasteiger charge is 2.04. The fraction of sp³-hybridized carbons (Fsp3) is 0.400. The standard InChI is InChI=1S/C10H13BrFNO2S/c1-16(14,15)6-2-5-13-10-7-8(11)3-4-9(10)12/h3-4,7,13H,2,5-6H2,1H3. The summed E-state index contributed by atoms with van der Waals surface area (Å²) in [4.78, 5) is 0. The quantitative estimate of drug-likeness (QED) is 0.850. The van der Waals surface area contributed by atoms with Crippen LogP contribution in [0.4, 0.5) is 10.1 Å². The van der Waals surface area contributed by atoms with E-state index in [0.717, 1.165) is 4.47 Å². The Labute approximate surface area is 103 Å². The molecular weight excluding hydrogens is 297 g/mol. The Morgan fingerprint density at radius 3 is 2.75 bits per heavy atom. The average molecular weight is 310 g/mol. The first kappa shape index (κ1) is 13.4. The Balaban J connectivity index is 2.46. The van der Waals surface area contributed by atoms with E-state index in [1.165, 1.54) is 12.3 Å². The Bertz CT molecular complexity index is 462. The lowest BCUT2D eigenvalue weighted by Crippen LogP contribution is -2.10. The van der Waals surface area contributed by atoms with Crippen LogP contribution in [0.2, 0.25) is 0 Å².